The van der Waals surface area contributed by atoms with Gasteiger partial charge < -0.3 is 15.2 Å². The quantitative estimate of drug-likeness (QED) is 0.772. The Kier molecular flexibility index (Phi) is 5.29. The number of hydrogen-bond acceptors (Lipinski definition) is 3. The molecular formula is C13H21NO2. The van der Waals surface area contributed by atoms with Crippen LogP contribution in [0.1, 0.15) is 19.4 Å². The molecule has 1 aromatic rings. The van der Waals surface area contributed by atoms with Crippen molar-refractivity contribution in [1.82, 2.24) is 5.32 Å². The summed E-state index contributed by atoms with van der Waals surface area (Å²) >= 11 is 0. The summed E-state index contributed by atoms with van der Waals surface area (Å²) in [5.74, 6) is 1.15. The van der Waals surface area contributed by atoms with Gasteiger partial charge in [0, 0.05) is 13.1 Å². The van der Waals surface area contributed by atoms with Crippen LogP contribution in [0.5, 0.6) is 5.75 Å². The van der Waals surface area contributed by atoms with E-state index in [4.69, 9.17) is 4.74 Å². The van der Waals surface area contributed by atoms with E-state index in [1.54, 1.807) is 7.11 Å². The molecule has 0 spiro atoms. The summed E-state index contributed by atoms with van der Waals surface area (Å²) < 4.78 is 5.14. The predicted octanol–water partition coefficient (Wildman–Crippen LogP) is 1.80. The SMILES string of the molecule is COc1cccc(CNCC(O)C(C)C)c1. The van der Waals surface area contributed by atoms with Gasteiger partial charge in [0.05, 0.1) is 13.2 Å². The highest BCUT2D eigenvalue weighted by atomic mass is 16.5. The molecule has 0 amide bonds. The fraction of sp³-hybridized carbons (Fsp3) is 0.538. The molecule has 0 heterocycles. The van der Waals surface area contributed by atoms with Crippen LogP contribution in [0.25, 0.3) is 0 Å². The molecule has 1 rings (SSSR count). The Labute approximate surface area is 97.4 Å². The van der Waals surface area contributed by atoms with E-state index in [2.05, 4.69) is 5.32 Å². The van der Waals surface area contributed by atoms with E-state index in [1.165, 1.54) is 0 Å². The molecule has 0 aromatic heterocycles. The van der Waals surface area contributed by atoms with Crippen molar-refractivity contribution in [3.63, 3.8) is 0 Å². The highest BCUT2D eigenvalue weighted by Crippen LogP contribution is 2.12. The highest BCUT2D eigenvalue weighted by Gasteiger charge is 2.07. The molecule has 0 saturated heterocycles. The van der Waals surface area contributed by atoms with E-state index in [-0.39, 0.29) is 12.0 Å². The van der Waals surface area contributed by atoms with Crippen molar-refractivity contribution in [1.29, 1.82) is 0 Å². The van der Waals surface area contributed by atoms with Crippen molar-refractivity contribution in [2.24, 2.45) is 5.92 Å². The van der Waals surface area contributed by atoms with E-state index in [1.807, 2.05) is 38.1 Å². The summed E-state index contributed by atoms with van der Waals surface area (Å²) in [7, 11) is 1.66. The molecule has 16 heavy (non-hydrogen) atoms. The van der Waals surface area contributed by atoms with Gasteiger partial charge in [-0.1, -0.05) is 26.0 Å². The largest absolute Gasteiger partial charge is 0.497 e. The molecule has 0 saturated carbocycles. The van der Waals surface area contributed by atoms with Crippen molar-refractivity contribution < 1.29 is 9.84 Å². The first-order valence-electron chi connectivity index (χ1n) is 5.65. The van der Waals surface area contributed by atoms with E-state index in [9.17, 15) is 5.11 Å². The van der Waals surface area contributed by atoms with Crippen molar-refractivity contribution in [2.75, 3.05) is 13.7 Å². The predicted molar refractivity (Wildman–Crippen MR) is 65.5 cm³/mol. The van der Waals surface area contributed by atoms with Crippen LogP contribution in [0.15, 0.2) is 24.3 Å². The standard InChI is InChI=1S/C13H21NO2/c1-10(2)13(15)9-14-8-11-5-4-6-12(7-11)16-3/h4-7,10,13-15H,8-9H2,1-3H3. The molecule has 2 N–H and O–H groups in total. The molecule has 0 aliphatic carbocycles. The average molecular weight is 223 g/mol. The maximum absolute atomic E-state index is 9.62. The number of methoxy groups -OCH3 is 1. The number of hydrogen-bond donors (Lipinski definition) is 2. The highest BCUT2D eigenvalue weighted by molar-refractivity contribution is 5.28. The second-order valence-electron chi connectivity index (χ2n) is 4.29. The van der Waals surface area contributed by atoms with E-state index >= 15 is 0 Å². The fourth-order valence-electron chi connectivity index (χ4n) is 1.38. The topological polar surface area (TPSA) is 41.5 Å². The first-order chi connectivity index (χ1) is 7.63. The Bertz CT molecular complexity index is 313. The van der Waals surface area contributed by atoms with Crippen LogP contribution < -0.4 is 10.1 Å². The first kappa shape index (κ1) is 13.0. The van der Waals surface area contributed by atoms with Crippen molar-refractivity contribution >= 4 is 0 Å². The number of aliphatic hydroxyl groups is 1. The Morgan fingerprint density at radius 2 is 2.12 bits per heavy atom. The molecule has 0 fully saturated rings. The zero-order chi connectivity index (χ0) is 12.0. The van der Waals surface area contributed by atoms with Crippen molar-refractivity contribution in [3.05, 3.63) is 29.8 Å². The molecule has 1 unspecified atom stereocenters. The number of benzene rings is 1. The summed E-state index contributed by atoms with van der Waals surface area (Å²) in [6.07, 6.45) is -0.286. The Hall–Kier alpha value is -1.06. The van der Waals surface area contributed by atoms with Gasteiger partial charge in [-0.2, -0.15) is 0 Å². The molecule has 0 radical (unpaired) electrons. The molecule has 90 valence electrons. The van der Waals surface area contributed by atoms with E-state index in [0.29, 0.717) is 6.54 Å². The minimum atomic E-state index is -0.286. The van der Waals surface area contributed by atoms with Crippen molar-refractivity contribution in [2.45, 2.75) is 26.5 Å². The lowest BCUT2D eigenvalue weighted by Crippen LogP contribution is -2.30. The average Bonchev–Trinajstić information content (AvgIpc) is 2.29. The maximum Gasteiger partial charge on any atom is 0.119 e. The molecule has 0 bridgehead atoms. The van der Waals surface area contributed by atoms with Crippen LogP contribution in [0.4, 0.5) is 0 Å². The molecule has 0 aliphatic rings. The van der Waals surface area contributed by atoms with Gasteiger partial charge >= 0.3 is 0 Å². The molecular weight excluding hydrogens is 202 g/mol. The maximum atomic E-state index is 9.62. The zero-order valence-electron chi connectivity index (χ0n) is 10.2. The summed E-state index contributed by atoms with van der Waals surface area (Å²) in [5, 5.41) is 12.8. The van der Waals surface area contributed by atoms with Crippen LogP contribution in [-0.4, -0.2) is 24.9 Å². The van der Waals surface area contributed by atoms with Crippen LogP contribution in [0.3, 0.4) is 0 Å². The van der Waals surface area contributed by atoms with Gasteiger partial charge in [-0.3, -0.25) is 0 Å². The van der Waals surface area contributed by atoms with Gasteiger partial charge in [-0.15, -0.1) is 0 Å². The van der Waals surface area contributed by atoms with Gasteiger partial charge in [0.2, 0.25) is 0 Å². The van der Waals surface area contributed by atoms with E-state index < -0.39 is 0 Å². The minimum absolute atomic E-state index is 0.286. The van der Waals surface area contributed by atoms with E-state index in [0.717, 1.165) is 17.9 Å². The van der Waals surface area contributed by atoms with Gasteiger partial charge in [0.1, 0.15) is 5.75 Å². The lowest BCUT2D eigenvalue weighted by Gasteiger charge is -2.15. The van der Waals surface area contributed by atoms with Gasteiger partial charge in [0.25, 0.3) is 0 Å². The molecule has 3 nitrogen and oxygen atoms in total. The number of ether oxygens (including phenoxy) is 1. The molecule has 1 atom stereocenters. The van der Waals surface area contributed by atoms with Crippen LogP contribution in [-0.2, 0) is 6.54 Å². The Balaban J connectivity index is 2.37. The van der Waals surface area contributed by atoms with Crippen LogP contribution in [0, 0.1) is 5.92 Å². The van der Waals surface area contributed by atoms with Gasteiger partial charge in [-0.25, -0.2) is 0 Å². The Morgan fingerprint density at radius 1 is 1.38 bits per heavy atom. The fourth-order valence-corrected chi connectivity index (χ4v) is 1.38. The number of aliphatic hydroxyl groups excluding tert-OH is 1. The number of rotatable bonds is 6. The lowest BCUT2D eigenvalue weighted by atomic mass is 10.1. The summed E-state index contributed by atoms with van der Waals surface area (Å²) in [5.41, 5.74) is 1.16. The monoisotopic (exact) mass is 223 g/mol. The summed E-state index contributed by atoms with van der Waals surface area (Å²) in [4.78, 5) is 0. The lowest BCUT2D eigenvalue weighted by molar-refractivity contribution is 0.123. The van der Waals surface area contributed by atoms with Crippen LogP contribution >= 0.6 is 0 Å². The molecule has 0 aliphatic heterocycles. The second-order valence-corrected chi connectivity index (χ2v) is 4.29. The third-order valence-electron chi connectivity index (χ3n) is 2.59. The smallest absolute Gasteiger partial charge is 0.119 e. The number of nitrogens with one attached hydrogen (secondary N) is 1. The Morgan fingerprint density at radius 3 is 2.75 bits per heavy atom. The summed E-state index contributed by atoms with van der Waals surface area (Å²) in [6, 6.07) is 7.92. The van der Waals surface area contributed by atoms with Gasteiger partial charge in [0.15, 0.2) is 0 Å². The zero-order valence-corrected chi connectivity index (χ0v) is 10.2. The molecule has 3 heteroatoms. The van der Waals surface area contributed by atoms with Crippen molar-refractivity contribution in [3.8, 4) is 5.75 Å². The minimum Gasteiger partial charge on any atom is -0.497 e. The normalized spacial score (nSPS) is 12.8. The van der Waals surface area contributed by atoms with Crippen LogP contribution in [0.2, 0.25) is 0 Å². The second kappa shape index (κ2) is 6.51. The third kappa shape index (κ3) is 4.21. The molecule has 1 aromatic carbocycles. The van der Waals surface area contributed by atoms with Gasteiger partial charge in [-0.05, 0) is 23.6 Å². The summed E-state index contributed by atoms with van der Waals surface area (Å²) in [6.45, 7) is 5.39. The third-order valence-corrected chi connectivity index (χ3v) is 2.59. The first-order valence-corrected chi connectivity index (χ1v) is 5.65.